The second-order valence-electron chi connectivity index (χ2n) is 4.80. The second-order valence-corrected chi connectivity index (χ2v) is 4.80. The number of nitrogens with zero attached hydrogens (tertiary/aromatic N) is 2. The average Bonchev–Trinajstić information content (AvgIpc) is 2.86. The minimum absolute atomic E-state index is 0.0155. The summed E-state index contributed by atoms with van der Waals surface area (Å²) < 4.78 is 0. The van der Waals surface area contributed by atoms with Gasteiger partial charge < -0.3 is 5.73 Å². The Labute approximate surface area is 84.8 Å². The Morgan fingerprint density at radius 2 is 2.07 bits per heavy atom. The maximum atomic E-state index is 6.27. The van der Waals surface area contributed by atoms with Gasteiger partial charge in [-0.1, -0.05) is 13.8 Å². The van der Waals surface area contributed by atoms with Gasteiger partial charge in [0.25, 0.3) is 0 Å². The molecule has 0 amide bonds. The Bertz CT molecular complexity index is 353. The van der Waals surface area contributed by atoms with Crippen molar-refractivity contribution in [3.05, 3.63) is 23.8 Å². The van der Waals surface area contributed by atoms with Crippen molar-refractivity contribution in [2.75, 3.05) is 0 Å². The van der Waals surface area contributed by atoms with Gasteiger partial charge in [0.15, 0.2) is 0 Å². The summed E-state index contributed by atoms with van der Waals surface area (Å²) in [5.74, 6) is 0. The van der Waals surface area contributed by atoms with Crippen molar-refractivity contribution in [1.82, 2.24) is 9.97 Å². The lowest BCUT2D eigenvalue weighted by Gasteiger charge is -2.32. The molecule has 3 heteroatoms. The molecule has 1 aliphatic carbocycles. The fourth-order valence-corrected chi connectivity index (χ4v) is 2.03. The number of aromatic nitrogens is 2. The molecule has 0 spiro atoms. The van der Waals surface area contributed by atoms with Crippen molar-refractivity contribution in [1.29, 1.82) is 0 Å². The van der Waals surface area contributed by atoms with Crippen molar-refractivity contribution < 1.29 is 0 Å². The van der Waals surface area contributed by atoms with Crippen LogP contribution in [0, 0.1) is 6.92 Å². The molecule has 0 atom stereocenters. The van der Waals surface area contributed by atoms with Crippen molar-refractivity contribution >= 4 is 0 Å². The standard InChI is InChI=1S/C11H17N3/c1-8-9(6-13-7-14-8)10(2,3)11(12)4-5-11/h6-7H,4-5,12H2,1-3H3. The van der Waals surface area contributed by atoms with E-state index in [0.29, 0.717) is 0 Å². The highest BCUT2D eigenvalue weighted by atomic mass is 14.9. The molecule has 1 aliphatic rings. The summed E-state index contributed by atoms with van der Waals surface area (Å²) in [6, 6.07) is 0. The number of rotatable bonds is 2. The third-order valence-electron chi connectivity index (χ3n) is 3.62. The molecule has 1 aromatic heterocycles. The molecule has 14 heavy (non-hydrogen) atoms. The fourth-order valence-electron chi connectivity index (χ4n) is 2.03. The minimum atomic E-state index is -0.0392. The zero-order valence-electron chi connectivity index (χ0n) is 9.04. The highest BCUT2D eigenvalue weighted by molar-refractivity contribution is 5.33. The van der Waals surface area contributed by atoms with Crippen LogP contribution in [0.15, 0.2) is 12.5 Å². The van der Waals surface area contributed by atoms with E-state index in [2.05, 4.69) is 23.8 Å². The maximum absolute atomic E-state index is 6.27. The molecule has 0 bridgehead atoms. The largest absolute Gasteiger partial charge is 0.324 e. The topological polar surface area (TPSA) is 51.8 Å². The highest BCUT2D eigenvalue weighted by Gasteiger charge is 2.52. The molecule has 0 aliphatic heterocycles. The Kier molecular flexibility index (Phi) is 1.89. The first-order chi connectivity index (χ1) is 6.47. The normalized spacial score (nSPS) is 19.4. The van der Waals surface area contributed by atoms with E-state index in [-0.39, 0.29) is 11.0 Å². The van der Waals surface area contributed by atoms with Crippen molar-refractivity contribution in [2.24, 2.45) is 5.73 Å². The summed E-state index contributed by atoms with van der Waals surface area (Å²) in [5.41, 5.74) is 8.44. The fraction of sp³-hybridized carbons (Fsp3) is 0.636. The molecule has 0 unspecified atom stereocenters. The van der Waals surface area contributed by atoms with Gasteiger partial charge >= 0.3 is 0 Å². The summed E-state index contributed by atoms with van der Waals surface area (Å²) in [7, 11) is 0. The van der Waals surface area contributed by atoms with E-state index in [1.54, 1.807) is 6.33 Å². The lowest BCUT2D eigenvalue weighted by molar-refractivity contribution is 0.386. The number of hydrogen-bond donors (Lipinski definition) is 1. The van der Waals surface area contributed by atoms with Gasteiger partial charge in [0.1, 0.15) is 6.33 Å². The van der Waals surface area contributed by atoms with Gasteiger partial charge in [-0.2, -0.15) is 0 Å². The number of hydrogen-bond acceptors (Lipinski definition) is 3. The van der Waals surface area contributed by atoms with Crippen LogP contribution in [0.25, 0.3) is 0 Å². The van der Waals surface area contributed by atoms with Gasteiger partial charge in [0.05, 0.1) is 0 Å². The maximum Gasteiger partial charge on any atom is 0.115 e. The van der Waals surface area contributed by atoms with Crippen LogP contribution in [0.1, 0.15) is 37.9 Å². The first kappa shape index (κ1) is 9.59. The molecule has 1 heterocycles. The van der Waals surface area contributed by atoms with E-state index < -0.39 is 0 Å². The molecule has 0 saturated heterocycles. The first-order valence-corrected chi connectivity index (χ1v) is 5.03. The molecule has 2 N–H and O–H groups in total. The molecule has 0 radical (unpaired) electrons. The third kappa shape index (κ3) is 1.23. The summed E-state index contributed by atoms with van der Waals surface area (Å²) in [6.07, 6.45) is 5.70. The van der Waals surface area contributed by atoms with Gasteiger partial charge in [-0.05, 0) is 25.3 Å². The summed E-state index contributed by atoms with van der Waals surface area (Å²) in [5, 5.41) is 0. The van der Waals surface area contributed by atoms with E-state index in [1.165, 1.54) is 5.56 Å². The monoisotopic (exact) mass is 191 g/mol. The molecule has 76 valence electrons. The molecular weight excluding hydrogens is 174 g/mol. The first-order valence-electron chi connectivity index (χ1n) is 5.03. The highest BCUT2D eigenvalue weighted by Crippen LogP contribution is 2.49. The van der Waals surface area contributed by atoms with Gasteiger partial charge in [0.2, 0.25) is 0 Å². The third-order valence-corrected chi connectivity index (χ3v) is 3.62. The molecular formula is C11H17N3. The van der Waals surface area contributed by atoms with Crippen molar-refractivity contribution in [3.63, 3.8) is 0 Å². The smallest absolute Gasteiger partial charge is 0.115 e. The minimum Gasteiger partial charge on any atom is -0.324 e. The molecule has 2 rings (SSSR count). The van der Waals surface area contributed by atoms with E-state index in [0.717, 1.165) is 18.5 Å². The van der Waals surface area contributed by atoms with Gasteiger partial charge in [0, 0.05) is 22.8 Å². The van der Waals surface area contributed by atoms with Crippen LogP contribution in [-0.4, -0.2) is 15.5 Å². The van der Waals surface area contributed by atoms with E-state index >= 15 is 0 Å². The van der Waals surface area contributed by atoms with E-state index in [4.69, 9.17) is 5.73 Å². The van der Waals surface area contributed by atoms with Crippen molar-refractivity contribution in [3.8, 4) is 0 Å². The lowest BCUT2D eigenvalue weighted by Crippen LogP contribution is -2.43. The lowest BCUT2D eigenvalue weighted by atomic mass is 9.76. The van der Waals surface area contributed by atoms with Gasteiger partial charge in [-0.15, -0.1) is 0 Å². The van der Waals surface area contributed by atoms with Crippen LogP contribution < -0.4 is 5.73 Å². The Morgan fingerprint density at radius 3 is 2.57 bits per heavy atom. The zero-order chi connectivity index (χ0) is 10.4. The molecule has 1 fully saturated rings. The van der Waals surface area contributed by atoms with Crippen LogP contribution in [0.5, 0.6) is 0 Å². The molecule has 1 aromatic rings. The summed E-state index contributed by atoms with van der Waals surface area (Å²) in [6.45, 7) is 6.39. The zero-order valence-corrected chi connectivity index (χ0v) is 9.04. The molecule has 0 aromatic carbocycles. The number of nitrogens with two attached hydrogens (primary N) is 1. The van der Waals surface area contributed by atoms with Gasteiger partial charge in [-0.3, -0.25) is 0 Å². The Balaban J connectivity index is 2.44. The molecule has 1 saturated carbocycles. The van der Waals surface area contributed by atoms with Crippen LogP contribution in [0.2, 0.25) is 0 Å². The van der Waals surface area contributed by atoms with E-state index in [1.807, 2.05) is 13.1 Å². The molecule has 3 nitrogen and oxygen atoms in total. The predicted molar refractivity (Wildman–Crippen MR) is 55.9 cm³/mol. The Morgan fingerprint density at radius 1 is 1.43 bits per heavy atom. The van der Waals surface area contributed by atoms with Crippen LogP contribution in [0.3, 0.4) is 0 Å². The summed E-state index contributed by atoms with van der Waals surface area (Å²) in [4.78, 5) is 8.31. The van der Waals surface area contributed by atoms with Crippen LogP contribution in [0.4, 0.5) is 0 Å². The summed E-state index contributed by atoms with van der Waals surface area (Å²) >= 11 is 0. The van der Waals surface area contributed by atoms with Crippen molar-refractivity contribution in [2.45, 2.75) is 44.6 Å². The Hall–Kier alpha value is -0.960. The second kappa shape index (κ2) is 2.76. The quantitative estimate of drug-likeness (QED) is 0.771. The van der Waals surface area contributed by atoms with Gasteiger partial charge in [-0.25, -0.2) is 9.97 Å². The van der Waals surface area contributed by atoms with Crippen LogP contribution >= 0.6 is 0 Å². The average molecular weight is 191 g/mol. The van der Waals surface area contributed by atoms with E-state index in [9.17, 15) is 0 Å². The van der Waals surface area contributed by atoms with Crippen LogP contribution in [-0.2, 0) is 5.41 Å². The SMILES string of the molecule is Cc1ncncc1C(C)(C)C1(N)CC1. The number of aryl methyl sites for hydroxylation is 1. The predicted octanol–water partition coefficient (Wildman–Crippen LogP) is 1.55.